The summed E-state index contributed by atoms with van der Waals surface area (Å²) in [5.41, 5.74) is 1.31. The Bertz CT molecular complexity index is 515. The summed E-state index contributed by atoms with van der Waals surface area (Å²) in [6.45, 7) is 3.18. The minimum atomic E-state index is 0.431. The number of benzene rings is 1. The highest BCUT2D eigenvalue weighted by Crippen LogP contribution is 2.30. The van der Waals surface area contributed by atoms with Gasteiger partial charge >= 0.3 is 0 Å². The molecule has 98 valence electrons. The Kier molecular flexibility index (Phi) is 3.49. The number of hydrogen-bond donors (Lipinski definition) is 0. The van der Waals surface area contributed by atoms with Crippen LogP contribution in [-0.4, -0.2) is 6.10 Å². The molecule has 1 aliphatic rings. The summed E-state index contributed by atoms with van der Waals surface area (Å²) in [5, 5.41) is 0. The van der Waals surface area contributed by atoms with E-state index in [4.69, 9.17) is 4.74 Å². The van der Waals surface area contributed by atoms with E-state index in [1.165, 1.54) is 18.4 Å². The number of aromatic nitrogens is 1. The zero-order valence-electron chi connectivity index (χ0n) is 11.3. The zero-order chi connectivity index (χ0) is 13.1. The molecule has 1 aliphatic carbocycles. The van der Waals surface area contributed by atoms with Crippen LogP contribution in [-0.2, 0) is 6.54 Å². The molecule has 1 aromatic heterocycles. The first-order valence-electron chi connectivity index (χ1n) is 6.99. The van der Waals surface area contributed by atoms with E-state index in [-0.39, 0.29) is 0 Å². The van der Waals surface area contributed by atoms with Crippen molar-refractivity contribution in [1.29, 1.82) is 0 Å². The van der Waals surface area contributed by atoms with E-state index in [0.717, 1.165) is 18.2 Å². The number of ether oxygens (including phenoxy) is 1. The smallest absolute Gasteiger partial charge is 0.173 e. The van der Waals surface area contributed by atoms with Crippen molar-refractivity contribution in [2.75, 3.05) is 0 Å². The van der Waals surface area contributed by atoms with Crippen LogP contribution < -0.4 is 9.30 Å². The number of hydrogen-bond acceptors (Lipinski definition) is 1. The van der Waals surface area contributed by atoms with Gasteiger partial charge in [0.25, 0.3) is 0 Å². The molecule has 19 heavy (non-hydrogen) atoms. The lowest BCUT2D eigenvalue weighted by Gasteiger charge is -2.32. The Labute approximate surface area is 114 Å². The summed E-state index contributed by atoms with van der Waals surface area (Å²) in [5.74, 6) is 1.82. The van der Waals surface area contributed by atoms with Crippen molar-refractivity contribution in [3.05, 3.63) is 60.4 Å². The zero-order valence-corrected chi connectivity index (χ0v) is 11.3. The number of rotatable bonds is 4. The molecular weight excluding hydrogens is 234 g/mol. The van der Waals surface area contributed by atoms with E-state index < -0.39 is 0 Å². The largest absolute Gasteiger partial charge is 0.490 e. The summed E-state index contributed by atoms with van der Waals surface area (Å²) in [6, 6.07) is 14.6. The van der Waals surface area contributed by atoms with Crippen LogP contribution in [0.5, 0.6) is 5.75 Å². The Hall–Kier alpha value is -1.83. The van der Waals surface area contributed by atoms with E-state index in [9.17, 15) is 0 Å². The van der Waals surface area contributed by atoms with E-state index in [1.54, 1.807) is 0 Å². The van der Waals surface area contributed by atoms with Crippen molar-refractivity contribution in [1.82, 2.24) is 0 Å². The highest BCUT2D eigenvalue weighted by atomic mass is 16.5. The van der Waals surface area contributed by atoms with Crippen LogP contribution in [0.2, 0.25) is 0 Å². The summed E-state index contributed by atoms with van der Waals surface area (Å²) >= 11 is 0. The summed E-state index contributed by atoms with van der Waals surface area (Å²) in [4.78, 5) is 0. The predicted octanol–water partition coefficient (Wildman–Crippen LogP) is 3.20. The van der Waals surface area contributed by atoms with Crippen molar-refractivity contribution >= 4 is 0 Å². The number of pyridine rings is 1. The maximum Gasteiger partial charge on any atom is 0.173 e. The van der Waals surface area contributed by atoms with Crippen LogP contribution in [0.25, 0.3) is 0 Å². The first kappa shape index (κ1) is 12.2. The molecule has 2 heteroatoms. The minimum absolute atomic E-state index is 0.431. The third-order valence-electron chi connectivity index (χ3n) is 3.70. The van der Waals surface area contributed by atoms with Gasteiger partial charge < -0.3 is 4.74 Å². The van der Waals surface area contributed by atoms with Crippen LogP contribution in [0, 0.1) is 5.92 Å². The standard InChI is InChI=1S/C17H20NO/c1-14-11-17(12-14)19-16-7-9-18(10-8-16)13-15-5-3-2-4-6-15/h2-10,14,17H,11-13H2,1H3/q+1. The molecule has 1 saturated carbocycles. The third-order valence-corrected chi connectivity index (χ3v) is 3.70. The van der Waals surface area contributed by atoms with Gasteiger partial charge in [-0.1, -0.05) is 37.3 Å². The topological polar surface area (TPSA) is 13.1 Å². The van der Waals surface area contributed by atoms with Gasteiger partial charge in [0.2, 0.25) is 0 Å². The molecule has 0 bridgehead atoms. The van der Waals surface area contributed by atoms with Gasteiger partial charge in [-0.15, -0.1) is 0 Å². The maximum absolute atomic E-state index is 5.91. The van der Waals surface area contributed by atoms with Crippen molar-refractivity contribution in [3.8, 4) is 5.75 Å². The molecule has 0 atom stereocenters. The molecule has 0 saturated heterocycles. The molecular formula is C17H20NO+. The fourth-order valence-electron chi connectivity index (χ4n) is 2.54. The Morgan fingerprint density at radius 1 is 1.05 bits per heavy atom. The molecule has 1 heterocycles. The SMILES string of the molecule is CC1CC(Oc2cc[n+](Cc3ccccc3)cc2)C1. The summed E-state index contributed by atoms with van der Waals surface area (Å²) in [6.07, 6.45) is 6.99. The molecule has 1 fully saturated rings. The molecule has 2 nitrogen and oxygen atoms in total. The van der Waals surface area contributed by atoms with E-state index in [2.05, 4.69) is 60.3 Å². The number of nitrogens with zero attached hydrogens (tertiary/aromatic N) is 1. The molecule has 0 aliphatic heterocycles. The normalized spacial score (nSPS) is 21.7. The van der Waals surface area contributed by atoms with Gasteiger partial charge in [-0.05, 0) is 18.8 Å². The monoisotopic (exact) mass is 254 g/mol. The van der Waals surface area contributed by atoms with E-state index in [1.807, 2.05) is 6.07 Å². The van der Waals surface area contributed by atoms with Gasteiger partial charge in [0.1, 0.15) is 5.75 Å². The lowest BCUT2D eigenvalue weighted by atomic mass is 9.84. The van der Waals surface area contributed by atoms with Gasteiger partial charge in [0.05, 0.1) is 6.10 Å². The van der Waals surface area contributed by atoms with Crippen LogP contribution in [0.4, 0.5) is 0 Å². The molecule has 0 amide bonds. The van der Waals surface area contributed by atoms with Crippen molar-refractivity contribution < 1.29 is 9.30 Å². The first-order chi connectivity index (χ1) is 9.29. The van der Waals surface area contributed by atoms with Gasteiger partial charge in [-0.2, -0.15) is 0 Å². The lowest BCUT2D eigenvalue weighted by molar-refractivity contribution is -0.688. The molecule has 0 radical (unpaired) electrons. The highest BCUT2D eigenvalue weighted by molar-refractivity contribution is 5.16. The first-order valence-corrected chi connectivity index (χ1v) is 6.99. The second kappa shape index (κ2) is 5.43. The molecule has 2 aromatic rings. The van der Waals surface area contributed by atoms with E-state index >= 15 is 0 Å². The molecule has 3 rings (SSSR count). The van der Waals surface area contributed by atoms with Crippen molar-refractivity contribution in [3.63, 3.8) is 0 Å². The second-order valence-corrected chi connectivity index (χ2v) is 5.51. The highest BCUT2D eigenvalue weighted by Gasteiger charge is 2.27. The van der Waals surface area contributed by atoms with Crippen molar-refractivity contribution in [2.45, 2.75) is 32.4 Å². The van der Waals surface area contributed by atoms with Crippen LogP contribution in [0.1, 0.15) is 25.3 Å². The Balaban J connectivity index is 1.59. The fourth-order valence-corrected chi connectivity index (χ4v) is 2.54. The molecule has 1 aromatic carbocycles. The molecule has 0 spiro atoms. The van der Waals surface area contributed by atoms with Crippen LogP contribution in [0.15, 0.2) is 54.9 Å². The molecule has 0 N–H and O–H groups in total. The molecule has 0 unspecified atom stereocenters. The van der Waals surface area contributed by atoms with Gasteiger partial charge in [0, 0.05) is 17.7 Å². The maximum atomic E-state index is 5.91. The predicted molar refractivity (Wildman–Crippen MR) is 75.0 cm³/mol. The summed E-state index contributed by atoms with van der Waals surface area (Å²) < 4.78 is 8.08. The summed E-state index contributed by atoms with van der Waals surface area (Å²) in [7, 11) is 0. The third kappa shape index (κ3) is 3.14. The Morgan fingerprint density at radius 2 is 1.74 bits per heavy atom. The fraction of sp³-hybridized carbons (Fsp3) is 0.353. The van der Waals surface area contributed by atoms with Gasteiger partial charge in [0.15, 0.2) is 18.9 Å². The van der Waals surface area contributed by atoms with Crippen molar-refractivity contribution in [2.24, 2.45) is 5.92 Å². The lowest BCUT2D eigenvalue weighted by Crippen LogP contribution is -2.34. The van der Waals surface area contributed by atoms with Gasteiger partial charge in [-0.25, -0.2) is 4.57 Å². The minimum Gasteiger partial charge on any atom is -0.490 e. The quantitative estimate of drug-likeness (QED) is 0.764. The van der Waals surface area contributed by atoms with E-state index in [0.29, 0.717) is 6.10 Å². The van der Waals surface area contributed by atoms with Crippen LogP contribution in [0.3, 0.4) is 0 Å². The van der Waals surface area contributed by atoms with Crippen LogP contribution >= 0.6 is 0 Å². The average Bonchev–Trinajstić information content (AvgIpc) is 2.40. The second-order valence-electron chi connectivity index (χ2n) is 5.51. The average molecular weight is 254 g/mol. The van der Waals surface area contributed by atoms with Gasteiger partial charge in [-0.3, -0.25) is 0 Å². The Morgan fingerprint density at radius 3 is 2.37 bits per heavy atom.